The Morgan fingerprint density at radius 2 is 1.89 bits per heavy atom. The van der Waals surface area contributed by atoms with Crippen molar-refractivity contribution in [1.82, 2.24) is 0 Å². The molecular weight excluding hydrogens is 268 g/mol. The van der Waals surface area contributed by atoms with E-state index in [0.29, 0.717) is 10.6 Å². The number of thiol groups is 1. The SMILES string of the molecule is CN(C(=O)c1cc(S)ccc1F)c1cccc(F)c1. The van der Waals surface area contributed by atoms with Crippen molar-refractivity contribution in [2.75, 3.05) is 11.9 Å². The van der Waals surface area contributed by atoms with Gasteiger partial charge in [0.1, 0.15) is 11.6 Å². The number of hydrogen-bond acceptors (Lipinski definition) is 2. The van der Waals surface area contributed by atoms with Gasteiger partial charge in [-0.05, 0) is 36.4 Å². The maximum absolute atomic E-state index is 13.6. The van der Waals surface area contributed by atoms with Gasteiger partial charge in [0, 0.05) is 17.6 Å². The second kappa shape index (κ2) is 5.40. The highest BCUT2D eigenvalue weighted by Crippen LogP contribution is 2.20. The lowest BCUT2D eigenvalue weighted by Gasteiger charge is -2.18. The van der Waals surface area contributed by atoms with Crippen LogP contribution in [0.4, 0.5) is 14.5 Å². The minimum atomic E-state index is -0.633. The van der Waals surface area contributed by atoms with E-state index in [-0.39, 0.29) is 5.56 Å². The molecule has 19 heavy (non-hydrogen) atoms. The first-order chi connectivity index (χ1) is 8.99. The van der Waals surface area contributed by atoms with Crippen molar-refractivity contribution >= 4 is 24.2 Å². The van der Waals surface area contributed by atoms with Crippen molar-refractivity contribution in [1.29, 1.82) is 0 Å². The van der Waals surface area contributed by atoms with Gasteiger partial charge in [-0.3, -0.25) is 4.79 Å². The summed E-state index contributed by atoms with van der Waals surface area (Å²) in [6, 6.07) is 9.52. The lowest BCUT2D eigenvalue weighted by molar-refractivity contribution is 0.0989. The maximum Gasteiger partial charge on any atom is 0.261 e. The average molecular weight is 279 g/mol. The minimum absolute atomic E-state index is 0.0979. The first-order valence-electron chi connectivity index (χ1n) is 5.51. The van der Waals surface area contributed by atoms with Crippen LogP contribution in [-0.4, -0.2) is 13.0 Å². The van der Waals surface area contributed by atoms with Crippen LogP contribution in [-0.2, 0) is 0 Å². The molecule has 98 valence electrons. The average Bonchev–Trinajstić information content (AvgIpc) is 2.40. The van der Waals surface area contributed by atoms with Crippen molar-refractivity contribution in [2.45, 2.75) is 4.90 Å². The molecule has 0 aromatic heterocycles. The molecule has 0 unspecified atom stereocenters. The molecule has 0 radical (unpaired) electrons. The third-order valence-electron chi connectivity index (χ3n) is 2.68. The molecule has 0 atom stereocenters. The second-order valence-electron chi connectivity index (χ2n) is 4.01. The number of amides is 1. The number of halogens is 2. The molecule has 1 amide bonds. The highest BCUT2D eigenvalue weighted by Gasteiger charge is 2.18. The molecular formula is C14H11F2NOS. The van der Waals surface area contributed by atoms with Crippen molar-refractivity contribution in [3.05, 3.63) is 59.7 Å². The molecule has 0 spiro atoms. The van der Waals surface area contributed by atoms with Gasteiger partial charge in [-0.1, -0.05) is 6.07 Å². The maximum atomic E-state index is 13.6. The van der Waals surface area contributed by atoms with Crippen LogP contribution in [0.1, 0.15) is 10.4 Å². The van der Waals surface area contributed by atoms with Gasteiger partial charge in [-0.25, -0.2) is 8.78 Å². The number of rotatable bonds is 2. The fourth-order valence-corrected chi connectivity index (χ4v) is 1.86. The van der Waals surface area contributed by atoms with E-state index in [1.165, 1.54) is 48.3 Å². The van der Waals surface area contributed by atoms with Crippen LogP contribution in [0.25, 0.3) is 0 Å². The summed E-state index contributed by atoms with van der Waals surface area (Å²) in [4.78, 5) is 13.8. The molecule has 0 saturated carbocycles. The van der Waals surface area contributed by atoms with Crippen LogP contribution in [0, 0.1) is 11.6 Å². The molecule has 2 rings (SSSR count). The van der Waals surface area contributed by atoms with Crippen LogP contribution in [0.3, 0.4) is 0 Å². The molecule has 2 aromatic carbocycles. The molecule has 0 aliphatic heterocycles. The van der Waals surface area contributed by atoms with E-state index in [1.807, 2.05) is 0 Å². The third kappa shape index (κ3) is 2.93. The van der Waals surface area contributed by atoms with E-state index in [0.717, 1.165) is 0 Å². The standard InChI is InChI=1S/C14H11F2NOS/c1-17(10-4-2-3-9(15)7-10)14(18)12-8-11(19)5-6-13(12)16/h2-8,19H,1H3. The highest BCUT2D eigenvalue weighted by atomic mass is 32.1. The van der Waals surface area contributed by atoms with E-state index in [9.17, 15) is 13.6 Å². The number of anilines is 1. The molecule has 2 nitrogen and oxygen atoms in total. The number of carbonyl (C=O) groups is 1. The van der Waals surface area contributed by atoms with Crippen LogP contribution >= 0.6 is 12.6 Å². The molecule has 5 heteroatoms. The van der Waals surface area contributed by atoms with Gasteiger partial charge in [0.05, 0.1) is 5.56 Å². The van der Waals surface area contributed by atoms with E-state index in [2.05, 4.69) is 12.6 Å². The van der Waals surface area contributed by atoms with Gasteiger partial charge in [0.15, 0.2) is 0 Å². The van der Waals surface area contributed by atoms with Crippen LogP contribution in [0.2, 0.25) is 0 Å². The summed E-state index contributed by atoms with van der Waals surface area (Å²) in [5.74, 6) is -1.65. The number of hydrogen-bond donors (Lipinski definition) is 1. The minimum Gasteiger partial charge on any atom is -0.311 e. The Morgan fingerprint density at radius 3 is 2.58 bits per heavy atom. The lowest BCUT2D eigenvalue weighted by atomic mass is 10.1. The summed E-state index contributed by atoms with van der Waals surface area (Å²) in [6.07, 6.45) is 0. The Labute approximate surface area is 115 Å². The summed E-state index contributed by atoms with van der Waals surface area (Å²) in [6.45, 7) is 0. The van der Waals surface area contributed by atoms with E-state index in [4.69, 9.17) is 0 Å². The van der Waals surface area contributed by atoms with Crippen LogP contribution in [0.5, 0.6) is 0 Å². The van der Waals surface area contributed by atoms with Crippen molar-refractivity contribution in [3.63, 3.8) is 0 Å². The zero-order valence-corrected chi connectivity index (χ0v) is 11.0. The fraction of sp³-hybridized carbons (Fsp3) is 0.0714. The molecule has 2 aromatic rings. The Kier molecular flexibility index (Phi) is 3.85. The molecule has 0 heterocycles. The predicted octanol–water partition coefficient (Wildman–Crippen LogP) is 3.53. The molecule has 0 aliphatic rings. The first-order valence-corrected chi connectivity index (χ1v) is 5.96. The zero-order valence-electron chi connectivity index (χ0n) is 10.1. The van der Waals surface area contributed by atoms with Crippen LogP contribution < -0.4 is 4.90 Å². The van der Waals surface area contributed by atoms with Crippen LogP contribution in [0.15, 0.2) is 47.4 Å². The van der Waals surface area contributed by atoms with Gasteiger partial charge in [-0.15, -0.1) is 12.6 Å². The quantitative estimate of drug-likeness (QED) is 0.834. The largest absolute Gasteiger partial charge is 0.311 e. The van der Waals surface area contributed by atoms with Gasteiger partial charge in [-0.2, -0.15) is 0 Å². The second-order valence-corrected chi connectivity index (χ2v) is 4.52. The number of nitrogens with zero attached hydrogens (tertiary/aromatic N) is 1. The summed E-state index contributed by atoms with van der Waals surface area (Å²) >= 11 is 4.07. The number of carbonyl (C=O) groups excluding carboxylic acids is 1. The number of benzene rings is 2. The Morgan fingerprint density at radius 1 is 1.16 bits per heavy atom. The molecule has 0 N–H and O–H groups in total. The summed E-state index contributed by atoms with van der Waals surface area (Å²) in [5.41, 5.74) is 0.258. The Bertz CT molecular complexity index is 631. The van der Waals surface area contributed by atoms with Crippen molar-refractivity contribution in [2.24, 2.45) is 0 Å². The van der Waals surface area contributed by atoms with Gasteiger partial charge in [0.2, 0.25) is 0 Å². The lowest BCUT2D eigenvalue weighted by Crippen LogP contribution is -2.27. The molecule has 0 aliphatic carbocycles. The zero-order chi connectivity index (χ0) is 14.0. The predicted molar refractivity (Wildman–Crippen MR) is 72.8 cm³/mol. The van der Waals surface area contributed by atoms with E-state index < -0.39 is 17.5 Å². The van der Waals surface area contributed by atoms with E-state index in [1.54, 1.807) is 6.07 Å². The summed E-state index contributed by atoms with van der Waals surface area (Å²) < 4.78 is 26.7. The molecule has 0 bridgehead atoms. The van der Waals surface area contributed by atoms with Gasteiger partial charge in [0.25, 0.3) is 5.91 Å². The topological polar surface area (TPSA) is 20.3 Å². The van der Waals surface area contributed by atoms with Crippen molar-refractivity contribution < 1.29 is 13.6 Å². The molecule has 0 saturated heterocycles. The Balaban J connectivity index is 2.36. The van der Waals surface area contributed by atoms with Gasteiger partial charge >= 0.3 is 0 Å². The summed E-state index contributed by atoms with van der Waals surface area (Å²) in [7, 11) is 1.46. The third-order valence-corrected chi connectivity index (χ3v) is 2.96. The highest BCUT2D eigenvalue weighted by molar-refractivity contribution is 7.80. The van der Waals surface area contributed by atoms with Crippen molar-refractivity contribution in [3.8, 4) is 0 Å². The first kappa shape index (κ1) is 13.5. The van der Waals surface area contributed by atoms with E-state index >= 15 is 0 Å². The summed E-state index contributed by atoms with van der Waals surface area (Å²) in [5, 5.41) is 0. The Hall–Kier alpha value is -1.88. The smallest absolute Gasteiger partial charge is 0.261 e. The van der Waals surface area contributed by atoms with Gasteiger partial charge < -0.3 is 4.90 Å². The fourth-order valence-electron chi connectivity index (χ4n) is 1.66. The molecule has 0 fully saturated rings. The normalized spacial score (nSPS) is 10.3. The monoisotopic (exact) mass is 279 g/mol.